The number of rotatable bonds is 2. The maximum absolute atomic E-state index is 11.7. The number of aliphatic hydroxyl groups excluding tert-OH is 2. The highest BCUT2D eigenvalue weighted by Crippen LogP contribution is 2.39. The van der Waals surface area contributed by atoms with Crippen molar-refractivity contribution in [1.29, 1.82) is 0 Å². The summed E-state index contributed by atoms with van der Waals surface area (Å²) in [6, 6.07) is 0. The fourth-order valence-corrected chi connectivity index (χ4v) is 2.05. The summed E-state index contributed by atoms with van der Waals surface area (Å²) >= 11 is 0. The van der Waals surface area contributed by atoms with Crippen LogP contribution in [0.15, 0.2) is 11.0 Å². The molecule has 0 saturated carbocycles. The summed E-state index contributed by atoms with van der Waals surface area (Å²) in [7, 11) is 0. The first kappa shape index (κ1) is 13.0. The van der Waals surface area contributed by atoms with E-state index >= 15 is 0 Å². The van der Waals surface area contributed by atoms with Gasteiger partial charge in [-0.25, -0.2) is 4.98 Å². The second-order valence-corrected chi connectivity index (χ2v) is 4.46. The van der Waals surface area contributed by atoms with E-state index in [9.17, 15) is 15.0 Å². The quantitative estimate of drug-likeness (QED) is 0.408. The van der Waals surface area contributed by atoms with Crippen molar-refractivity contribution in [3.8, 4) is 0 Å². The van der Waals surface area contributed by atoms with Gasteiger partial charge < -0.3 is 25.8 Å². The Hall–Kier alpha value is -1.48. The molecule has 4 atom stereocenters. The van der Waals surface area contributed by atoms with Gasteiger partial charge in [-0.05, 0) is 6.92 Å². The summed E-state index contributed by atoms with van der Waals surface area (Å²) in [5, 5.41) is 29.0. The predicted molar refractivity (Wildman–Crippen MR) is 60.6 cm³/mol. The van der Waals surface area contributed by atoms with Crippen LogP contribution in [0.1, 0.15) is 18.6 Å². The predicted octanol–water partition coefficient (Wildman–Crippen LogP) is -2.10. The number of anilines is 1. The Balaban J connectivity index is 2.42. The SMILES string of the molecule is C[C@@]1(O)[C@H](O)[C@@H](CO)O[C@H]1c1cnc(N)[nH]c1=O. The van der Waals surface area contributed by atoms with Crippen molar-refractivity contribution in [2.45, 2.75) is 30.8 Å². The molecule has 8 nitrogen and oxygen atoms in total. The Kier molecular flexibility index (Phi) is 3.11. The Morgan fingerprint density at radius 2 is 2.33 bits per heavy atom. The average Bonchev–Trinajstić information content (AvgIpc) is 2.52. The van der Waals surface area contributed by atoms with Gasteiger partial charge in [0.1, 0.15) is 23.9 Å². The van der Waals surface area contributed by atoms with Crippen LogP contribution >= 0.6 is 0 Å². The Bertz CT molecular complexity index is 501. The van der Waals surface area contributed by atoms with E-state index in [0.29, 0.717) is 0 Å². The zero-order chi connectivity index (χ0) is 13.5. The first-order valence-electron chi connectivity index (χ1n) is 5.39. The third kappa shape index (κ3) is 1.89. The van der Waals surface area contributed by atoms with Crippen molar-refractivity contribution < 1.29 is 20.1 Å². The lowest BCUT2D eigenvalue weighted by molar-refractivity contribution is -0.0651. The number of hydrogen-bond donors (Lipinski definition) is 5. The number of aromatic amines is 1. The summed E-state index contributed by atoms with van der Waals surface area (Å²) in [4.78, 5) is 17.7. The molecule has 1 aliphatic heterocycles. The monoisotopic (exact) mass is 257 g/mol. The van der Waals surface area contributed by atoms with E-state index in [1.165, 1.54) is 13.1 Å². The second kappa shape index (κ2) is 4.32. The lowest BCUT2D eigenvalue weighted by Gasteiger charge is -2.25. The van der Waals surface area contributed by atoms with E-state index < -0.39 is 36.1 Å². The minimum Gasteiger partial charge on any atom is -0.394 e. The van der Waals surface area contributed by atoms with Crippen LogP contribution in [0.5, 0.6) is 0 Å². The molecule has 0 aliphatic carbocycles. The fourth-order valence-electron chi connectivity index (χ4n) is 2.05. The minimum absolute atomic E-state index is 0.0456. The molecule has 6 N–H and O–H groups in total. The maximum Gasteiger partial charge on any atom is 0.258 e. The molecule has 0 aromatic carbocycles. The zero-order valence-electron chi connectivity index (χ0n) is 9.70. The highest BCUT2D eigenvalue weighted by Gasteiger charge is 2.53. The number of nitrogens with zero attached hydrogens (tertiary/aromatic N) is 1. The van der Waals surface area contributed by atoms with Gasteiger partial charge in [0.25, 0.3) is 5.56 Å². The van der Waals surface area contributed by atoms with Gasteiger partial charge in [0.2, 0.25) is 0 Å². The molecule has 1 aromatic rings. The van der Waals surface area contributed by atoms with E-state index in [0.717, 1.165) is 0 Å². The molecule has 0 bridgehead atoms. The normalized spacial score (nSPS) is 35.9. The van der Waals surface area contributed by atoms with Crippen LogP contribution in [0.3, 0.4) is 0 Å². The summed E-state index contributed by atoms with van der Waals surface area (Å²) in [6.45, 7) is 0.863. The third-order valence-electron chi connectivity index (χ3n) is 3.10. The van der Waals surface area contributed by atoms with E-state index in [2.05, 4.69) is 9.97 Å². The molecule has 1 fully saturated rings. The van der Waals surface area contributed by atoms with E-state index in [1.807, 2.05) is 0 Å². The molecule has 2 heterocycles. The number of ether oxygens (including phenoxy) is 1. The van der Waals surface area contributed by atoms with Crippen molar-refractivity contribution in [1.82, 2.24) is 9.97 Å². The molecule has 100 valence electrons. The van der Waals surface area contributed by atoms with Crippen LogP contribution < -0.4 is 11.3 Å². The summed E-state index contributed by atoms with van der Waals surface area (Å²) in [5.41, 5.74) is 3.11. The largest absolute Gasteiger partial charge is 0.394 e. The van der Waals surface area contributed by atoms with E-state index in [1.54, 1.807) is 0 Å². The molecule has 0 spiro atoms. The fraction of sp³-hybridized carbons (Fsp3) is 0.600. The van der Waals surface area contributed by atoms with Crippen LogP contribution in [0.4, 0.5) is 5.95 Å². The Morgan fingerprint density at radius 1 is 1.67 bits per heavy atom. The maximum atomic E-state index is 11.7. The number of nitrogens with two attached hydrogens (primary N) is 1. The van der Waals surface area contributed by atoms with Crippen LogP contribution in [0.2, 0.25) is 0 Å². The van der Waals surface area contributed by atoms with Gasteiger partial charge in [-0.2, -0.15) is 0 Å². The highest BCUT2D eigenvalue weighted by atomic mass is 16.6. The molecule has 1 aromatic heterocycles. The molecule has 0 amide bonds. The number of aromatic nitrogens is 2. The summed E-state index contributed by atoms with van der Waals surface area (Å²) in [6.07, 6.45) is -2.16. The lowest BCUT2D eigenvalue weighted by Crippen LogP contribution is -2.43. The number of aliphatic hydroxyl groups is 3. The number of nitrogens with one attached hydrogen (secondary N) is 1. The molecule has 1 aliphatic rings. The lowest BCUT2D eigenvalue weighted by atomic mass is 9.90. The molecular weight excluding hydrogens is 242 g/mol. The van der Waals surface area contributed by atoms with E-state index in [-0.39, 0.29) is 11.5 Å². The first-order chi connectivity index (χ1) is 8.37. The topological polar surface area (TPSA) is 142 Å². The smallest absolute Gasteiger partial charge is 0.258 e. The van der Waals surface area contributed by atoms with Gasteiger partial charge in [-0.15, -0.1) is 0 Å². The number of hydrogen-bond acceptors (Lipinski definition) is 7. The highest BCUT2D eigenvalue weighted by molar-refractivity contribution is 5.23. The van der Waals surface area contributed by atoms with Gasteiger partial charge in [0.05, 0.1) is 12.2 Å². The van der Waals surface area contributed by atoms with Gasteiger partial charge in [0, 0.05) is 6.20 Å². The second-order valence-electron chi connectivity index (χ2n) is 4.46. The van der Waals surface area contributed by atoms with Gasteiger partial charge >= 0.3 is 0 Å². The molecule has 0 radical (unpaired) electrons. The van der Waals surface area contributed by atoms with Crippen molar-refractivity contribution in [2.75, 3.05) is 12.3 Å². The number of nitrogen functional groups attached to an aromatic ring is 1. The zero-order valence-corrected chi connectivity index (χ0v) is 9.70. The molecule has 0 unspecified atom stereocenters. The van der Waals surface area contributed by atoms with E-state index in [4.69, 9.17) is 15.6 Å². The van der Waals surface area contributed by atoms with Crippen LogP contribution in [0, 0.1) is 0 Å². The molecule has 2 rings (SSSR count). The Morgan fingerprint density at radius 3 is 2.83 bits per heavy atom. The first-order valence-corrected chi connectivity index (χ1v) is 5.39. The molecule has 1 saturated heterocycles. The minimum atomic E-state index is -1.70. The molecule has 8 heteroatoms. The van der Waals surface area contributed by atoms with Gasteiger partial charge in [0.15, 0.2) is 5.95 Å². The third-order valence-corrected chi connectivity index (χ3v) is 3.10. The average molecular weight is 257 g/mol. The van der Waals surface area contributed by atoms with Crippen molar-refractivity contribution >= 4 is 5.95 Å². The standard InChI is InChI=1S/C10H15N3O5/c1-10(17)6(15)5(3-14)18-7(10)4-2-12-9(11)13-8(4)16/h2,5-7,14-15,17H,3H2,1H3,(H3,11,12,13,16)/t5-,6-,7+,10-/m1/s1. The van der Waals surface area contributed by atoms with Crippen LogP contribution in [0.25, 0.3) is 0 Å². The van der Waals surface area contributed by atoms with Gasteiger partial charge in [-0.3, -0.25) is 9.78 Å². The Labute approximate surface area is 102 Å². The number of H-pyrrole nitrogens is 1. The van der Waals surface area contributed by atoms with Crippen LogP contribution in [-0.4, -0.2) is 49.7 Å². The summed E-state index contributed by atoms with van der Waals surface area (Å²) in [5.74, 6) is -0.0550. The van der Waals surface area contributed by atoms with Crippen molar-refractivity contribution in [3.63, 3.8) is 0 Å². The summed E-state index contributed by atoms with van der Waals surface area (Å²) < 4.78 is 5.29. The van der Waals surface area contributed by atoms with Crippen molar-refractivity contribution in [2.24, 2.45) is 0 Å². The van der Waals surface area contributed by atoms with Crippen molar-refractivity contribution in [3.05, 3.63) is 22.1 Å². The van der Waals surface area contributed by atoms with Gasteiger partial charge in [-0.1, -0.05) is 0 Å². The van der Waals surface area contributed by atoms with Crippen LogP contribution in [-0.2, 0) is 4.74 Å². The molecular formula is C10H15N3O5. The molecule has 18 heavy (non-hydrogen) atoms.